The first kappa shape index (κ1) is 17.6. The maximum Gasteiger partial charge on any atom is 0.161 e. The summed E-state index contributed by atoms with van der Waals surface area (Å²) in [5.41, 5.74) is 0. The van der Waals surface area contributed by atoms with Gasteiger partial charge in [-0.05, 0) is 12.8 Å². The summed E-state index contributed by atoms with van der Waals surface area (Å²) in [6, 6.07) is 0. The van der Waals surface area contributed by atoms with Crippen LogP contribution in [0.1, 0.15) is 84.5 Å². The monoisotopic (exact) mass is 256 g/mol. The molecule has 108 valence electrons. The molecule has 1 unspecified atom stereocenters. The van der Waals surface area contributed by atoms with Crippen molar-refractivity contribution in [2.24, 2.45) is 0 Å². The van der Waals surface area contributed by atoms with E-state index in [-0.39, 0.29) is 6.10 Å². The highest BCUT2D eigenvalue weighted by atomic mass is 16.5. The number of hydrogen-bond acceptors (Lipinski definition) is 2. The van der Waals surface area contributed by atoms with E-state index in [1.807, 2.05) is 0 Å². The third-order valence-corrected chi connectivity index (χ3v) is 3.49. The summed E-state index contributed by atoms with van der Waals surface area (Å²) in [5.74, 6) is 0.311. The molecule has 0 saturated carbocycles. The molecule has 0 aromatic rings. The molecule has 2 heteroatoms. The molecule has 0 fully saturated rings. The normalized spacial score (nSPS) is 12.6. The standard InChI is InChI=1S/C16H32O2/c1-4-6-8-10-11-13-15(17)16(18-3)14-12-9-7-5-2/h16H,4-14H2,1-3H3. The highest BCUT2D eigenvalue weighted by Gasteiger charge is 2.16. The molecule has 0 aliphatic carbocycles. The lowest BCUT2D eigenvalue weighted by molar-refractivity contribution is -0.129. The average Bonchev–Trinajstić information content (AvgIpc) is 2.38. The summed E-state index contributed by atoms with van der Waals surface area (Å²) >= 11 is 0. The molecule has 0 bridgehead atoms. The van der Waals surface area contributed by atoms with Crippen LogP contribution in [0.2, 0.25) is 0 Å². The number of Topliss-reactive ketones (excluding diaryl/α,β-unsaturated/α-hetero) is 1. The number of unbranched alkanes of at least 4 members (excludes halogenated alkanes) is 7. The minimum atomic E-state index is -0.145. The van der Waals surface area contributed by atoms with Crippen molar-refractivity contribution in [2.75, 3.05) is 7.11 Å². The van der Waals surface area contributed by atoms with Gasteiger partial charge in [0, 0.05) is 13.5 Å². The van der Waals surface area contributed by atoms with Gasteiger partial charge in [-0.1, -0.05) is 65.2 Å². The number of ketones is 1. The molecule has 0 aliphatic heterocycles. The Balaban J connectivity index is 3.61. The first-order valence-electron chi connectivity index (χ1n) is 7.81. The van der Waals surface area contributed by atoms with Gasteiger partial charge >= 0.3 is 0 Å². The van der Waals surface area contributed by atoms with Gasteiger partial charge in [-0.2, -0.15) is 0 Å². The topological polar surface area (TPSA) is 26.3 Å². The van der Waals surface area contributed by atoms with Gasteiger partial charge in [0.1, 0.15) is 6.10 Å². The Hall–Kier alpha value is -0.370. The Morgan fingerprint density at radius 2 is 1.44 bits per heavy atom. The van der Waals surface area contributed by atoms with Crippen LogP contribution >= 0.6 is 0 Å². The lowest BCUT2D eigenvalue weighted by Gasteiger charge is -2.13. The molecule has 0 aliphatic rings. The van der Waals surface area contributed by atoms with Crippen LogP contribution in [0.3, 0.4) is 0 Å². The van der Waals surface area contributed by atoms with E-state index in [1.165, 1.54) is 44.9 Å². The second-order valence-electron chi connectivity index (χ2n) is 5.20. The van der Waals surface area contributed by atoms with Gasteiger partial charge in [0.25, 0.3) is 0 Å². The zero-order valence-electron chi connectivity index (χ0n) is 12.7. The quantitative estimate of drug-likeness (QED) is 0.438. The highest BCUT2D eigenvalue weighted by molar-refractivity contribution is 5.82. The molecule has 0 aromatic carbocycles. The summed E-state index contributed by atoms with van der Waals surface area (Å²) in [6.07, 6.45) is 12.3. The van der Waals surface area contributed by atoms with Gasteiger partial charge in [-0.3, -0.25) is 4.79 Å². The van der Waals surface area contributed by atoms with Crippen LogP contribution in [-0.2, 0) is 9.53 Å². The summed E-state index contributed by atoms with van der Waals surface area (Å²) in [6.45, 7) is 4.41. The molecule has 0 rings (SSSR count). The summed E-state index contributed by atoms with van der Waals surface area (Å²) in [5, 5.41) is 0. The lowest BCUT2D eigenvalue weighted by Crippen LogP contribution is -2.22. The maximum atomic E-state index is 11.9. The van der Waals surface area contributed by atoms with Crippen molar-refractivity contribution in [3.05, 3.63) is 0 Å². The van der Waals surface area contributed by atoms with E-state index in [1.54, 1.807) is 7.11 Å². The molecule has 0 aromatic heterocycles. The molecule has 0 radical (unpaired) electrons. The van der Waals surface area contributed by atoms with Crippen molar-refractivity contribution in [1.82, 2.24) is 0 Å². The van der Waals surface area contributed by atoms with Gasteiger partial charge in [0.2, 0.25) is 0 Å². The Kier molecular flexibility index (Phi) is 12.8. The Morgan fingerprint density at radius 1 is 0.889 bits per heavy atom. The summed E-state index contributed by atoms with van der Waals surface area (Å²) in [4.78, 5) is 11.9. The zero-order valence-corrected chi connectivity index (χ0v) is 12.7. The first-order chi connectivity index (χ1) is 8.76. The van der Waals surface area contributed by atoms with Gasteiger partial charge < -0.3 is 4.74 Å². The predicted molar refractivity (Wildman–Crippen MR) is 77.9 cm³/mol. The van der Waals surface area contributed by atoms with Gasteiger partial charge in [-0.15, -0.1) is 0 Å². The number of hydrogen-bond donors (Lipinski definition) is 0. The van der Waals surface area contributed by atoms with Gasteiger partial charge in [0.05, 0.1) is 0 Å². The minimum Gasteiger partial charge on any atom is -0.374 e. The van der Waals surface area contributed by atoms with Crippen LogP contribution < -0.4 is 0 Å². The molecule has 0 spiro atoms. The van der Waals surface area contributed by atoms with Crippen molar-refractivity contribution in [3.63, 3.8) is 0 Å². The van der Waals surface area contributed by atoms with Crippen LogP contribution in [0.5, 0.6) is 0 Å². The van der Waals surface area contributed by atoms with Crippen molar-refractivity contribution >= 4 is 5.78 Å². The van der Waals surface area contributed by atoms with Gasteiger partial charge in [0.15, 0.2) is 5.78 Å². The lowest BCUT2D eigenvalue weighted by atomic mass is 10.0. The molecule has 0 N–H and O–H groups in total. The second kappa shape index (κ2) is 13.1. The molecule has 2 nitrogen and oxygen atoms in total. The highest BCUT2D eigenvalue weighted by Crippen LogP contribution is 2.12. The minimum absolute atomic E-state index is 0.145. The SMILES string of the molecule is CCCCCCCC(=O)C(CCCCCC)OC. The smallest absolute Gasteiger partial charge is 0.161 e. The molecular weight excluding hydrogens is 224 g/mol. The second-order valence-corrected chi connectivity index (χ2v) is 5.20. The van der Waals surface area contributed by atoms with Crippen molar-refractivity contribution < 1.29 is 9.53 Å². The van der Waals surface area contributed by atoms with E-state index in [0.717, 1.165) is 19.3 Å². The number of carbonyl (C=O) groups excluding carboxylic acids is 1. The molecule has 1 atom stereocenters. The summed E-state index contributed by atoms with van der Waals surface area (Å²) in [7, 11) is 1.67. The van der Waals surface area contributed by atoms with Crippen LogP contribution in [0.15, 0.2) is 0 Å². The van der Waals surface area contributed by atoms with Crippen molar-refractivity contribution in [1.29, 1.82) is 0 Å². The number of carbonyl (C=O) groups is 1. The fourth-order valence-electron chi connectivity index (χ4n) is 2.23. The van der Waals surface area contributed by atoms with Crippen LogP contribution in [0.4, 0.5) is 0 Å². The maximum absolute atomic E-state index is 11.9. The Bertz CT molecular complexity index is 190. The Morgan fingerprint density at radius 3 is 2.00 bits per heavy atom. The van der Waals surface area contributed by atoms with Crippen molar-refractivity contribution in [2.45, 2.75) is 90.6 Å². The van der Waals surface area contributed by atoms with E-state index in [2.05, 4.69) is 13.8 Å². The van der Waals surface area contributed by atoms with Crippen LogP contribution in [0.25, 0.3) is 0 Å². The van der Waals surface area contributed by atoms with E-state index in [4.69, 9.17) is 4.74 Å². The molecule has 0 heterocycles. The fourth-order valence-corrected chi connectivity index (χ4v) is 2.23. The third-order valence-electron chi connectivity index (χ3n) is 3.49. The predicted octanol–water partition coefficient (Wildman–Crippen LogP) is 4.90. The van der Waals surface area contributed by atoms with E-state index >= 15 is 0 Å². The number of methoxy groups -OCH3 is 1. The molecular formula is C16H32O2. The largest absolute Gasteiger partial charge is 0.374 e. The number of rotatable bonds is 13. The molecule has 0 amide bonds. The Labute approximate surface area is 113 Å². The summed E-state index contributed by atoms with van der Waals surface area (Å²) < 4.78 is 5.32. The van der Waals surface area contributed by atoms with E-state index in [0.29, 0.717) is 12.2 Å². The number of ether oxygens (including phenoxy) is 1. The van der Waals surface area contributed by atoms with Gasteiger partial charge in [-0.25, -0.2) is 0 Å². The molecule has 18 heavy (non-hydrogen) atoms. The third kappa shape index (κ3) is 9.64. The average molecular weight is 256 g/mol. The van der Waals surface area contributed by atoms with Crippen molar-refractivity contribution in [3.8, 4) is 0 Å². The van der Waals surface area contributed by atoms with Crippen LogP contribution in [-0.4, -0.2) is 19.0 Å². The molecule has 0 saturated heterocycles. The fraction of sp³-hybridized carbons (Fsp3) is 0.938. The zero-order chi connectivity index (χ0) is 13.6. The first-order valence-corrected chi connectivity index (χ1v) is 7.81. The van der Waals surface area contributed by atoms with Crippen LogP contribution in [0, 0.1) is 0 Å². The van der Waals surface area contributed by atoms with E-state index in [9.17, 15) is 4.79 Å². The van der Waals surface area contributed by atoms with E-state index < -0.39 is 0 Å².